The highest BCUT2D eigenvalue weighted by molar-refractivity contribution is 7.15. The minimum absolute atomic E-state index is 0.308. The SMILES string of the molecule is CCCC(NC)c1ccc(-c2cc(F)cc(F)c2)s1. The molecule has 1 unspecified atom stereocenters. The molecule has 0 bridgehead atoms. The zero-order chi connectivity index (χ0) is 13.8. The monoisotopic (exact) mass is 281 g/mol. The highest BCUT2D eigenvalue weighted by Crippen LogP contribution is 2.33. The molecular weight excluding hydrogens is 264 g/mol. The summed E-state index contributed by atoms with van der Waals surface area (Å²) in [4.78, 5) is 2.09. The van der Waals surface area contributed by atoms with Gasteiger partial charge >= 0.3 is 0 Å². The van der Waals surface area contributed by atoms with E-state index in [0.29, 0.717) is 11.6 Å². The van der Waals surface area contributed by atoms with E-state index in [9.17, 15) is 8.78 Å². The van der Waals surface area contributed by atoms with E-state index in [1.807, 2.05) is 19.2 Å². The molecule has 0 saturated carbocycles. The van der Waals surface area contributed by atoms with Crippen molar-refractivity contribution in [3.8, 4) is 10.4 Å². The molecule has 1 aromatic heterocycles. The molecule has 2 rings (SSSR count). The molecule has 2 aromatic rings. The Balaban J connectivity index is 2.29. The van der Waals surface area contributed by atoms with Gasteiger partial charge in [-0.1, -0.05) is 13.3 Å². The van der Waals surface area contributed by atoms with Crippen LogP contribution in [0.1, 0.15) is 30.7 Å². The molecule has 1 atom stereocenters. The molecule has 0 fully saturated rings. The molecule has 0 aliphatic carbocycles. The van der Waals surface area contributed by atoms with Crippen molar-refractivity contribution in [3.63, 3.8) is 0 Å². The third kappa shape index (κ3) is 3.39. The van der Waals surface area contributed by atoms with Gasteiger partial charge in [-0.15, -0.1) is 11.3 Å². The first-order valence-corrected chi connectivity index (χ1v) is 7.19. The Morgan fingerprint density at radius 3 is 2.42 bits per heavy atom. The van der Waals surface area contributed by atoms with Crippen molar-refractivity contribution in [3.05, 3.63) is 46.8 Å². The normalized spacial score (nSPS) is 12.6. The van der Waals surface area contributed by atoms with Crippen LogP contribution in [0.5, 0.6) is 0 Å². The number of hydrogen-bond acceptors (Lipinski definition) is 2. The first-order chi connectivity index (χ1) is 9.13. The molecule has 0 saturated heterocycles. The predicted molar refractivity (Wildman–Crippen MR) is 76.4 cm³/mol. The van der Waals surface area contributed by atoms with Crippen molar-refractivity contribution < 1.29 is 8.78 Å². The number of thiophene rings is 1. The molecule has 1 heterocycles. The Bertz CT molecular complexity index is 531. The van der Waals surface area contributed by atoms with E-state index in [2.05, 4.69) is 12.2 Å². The van der Waals surface area contributed by atoms with Gasteiger partial charge in [-0.25, -0.2) is 8.78 Å². The summed E-state index contributed by atoms with van der Waals surface area (Å²) in [5, 5.41) is 3.27. The Morgan fingerprint density at radius 2 is 1.84 bits per heavy atom. The summed E-state index contributed by atoms with van der Waals surface area (Å²) in [7, 11) is 1.93. The van der Waals surface area contributed by atoms with Gasteiger partial charge in [0.1, 0.15) is 11.6 Å². The minimum atomic E-state index is -0.538. The van der Waals surface area contributed by atoms with Gasteiger partial charge < -0.3 is 5.32 Å². The third-order valence-electron chi connectivity index (χ3n) is 3.04. The summed E-state index contributed by atoms with van der Waals surface area (Å²) in [5.41, 5.74) is 0.597. The van der Waals surface area contributed by atoms with Crippen LogP contribution in [0, 0.1) is 11.6 Å². The van der Waals surface area contributed by atoms with Crippen LogP contribution in [-0.2, 0) is 0 Å². The van der Waals surface area contributed by atoms with Crippen molar-refractivity contribution in [2.75, 3.05) is 7.05 Å². The first kappa shape index (κ1) is 14.2. The maximum absolute atomic E-state index is 13.2. The molecule has 0 aliphatic rings. The molecule has 19 heavy (non-hydrogen) atoms. The minimum Gasteiger partial charge on any atom is -0.312 e. The van der Waals surface area contributed by atoms with Crippen LogP contribution in [0.4, 0.5) is 8.78 Å². The maximum Gasteiger partial charge on any atom is 0.126 e. The smallest absolute Gasteiger partial charge is 0.126 e. The Morgan fingerprint density at radius 1 is 1.16 bits per heavy atom. The van der Waals surface area contributed by atoms with Gasteiger partial charge in [-0.05, 0) is 43.3 Å². The molecule has 0 radical (unpaired) electrons. The summed E-state index contributed by atoms with van der Waals surface area (Å²) >= 11 is 1.58. The number of hydrogen-bond donors (Lipinski definition) is 1. The second-order valence-corrected chi connectivity index (χ2v) is 5.61. The first-order valence-electron chi connectivity index (χ1n) is 6.37. The van der Waals surface area contributed by atoms with Crippen molar-refractivity contribution in [1.82, 2.24) is 5.32 Å². The number of nitrogens with one attached hydrogen (secondary N) is 1. The summed E-state index contributed by atoms with van der Waals surface area (Å²) in [6.45, 7) is 2.14. The van der Waals surface area contributed by atoms with Crippen molar-refractivity contribution in [2.45, 2.75) is 25.8 Å². The second kappa shape index (κ2) is 6.26. The lowest BCUT2D eigenvalue weighted by Crippen LogP contribution is -2.14. The van der Waals surface area contributed by atoms with E-state index in [0.717, 1.165) is 23.8 Å². The zero-order valence-electron chi connectivity index (χ0n) is 11.0. The Labute approximate surface area is 116 Å². The van der Waals surface area contributed by atoms with E-state index in [1.54, 1.807) is 11.3 Å². The molecular formula is C15H17F2NS. The summed E-state index contributed by atoms with van der Waals surface area (Å²) < 4.78 is 26.4. The van der Waals surface area contributed by atoms with Crippen molar-refractivity contribution in [1.29, 1.82) is 0 Å². The molecule has 4 heteroatoms. The lowest BCUT2D eigenvalue weighted by atomic mass is 10.1. The van der Waals surface area contributed by atoms with Crippen LogP contribution < -0.4 is 5.32 Å². The number of benzene rings is 1. The van der Waals surface area contributed by atoms with Crippen molar-refractivity contribution in [2.24, 2.45) is 0 Å². The van der Waals surface area contributed by atoms with Crippen LogP contribution in [0.2, 0.25) is 0 Å². The van der Waals surface area contributed by atoms with E-state index < -0.39 is 11.6 Å². The number of rotatable bonds is 5. The molecule has 1 N–H and O–H groups in total. The van der Waals surface area contributed by atoms with Gasteiger partial charge in [-0.2, -0.15) is 0 Å². The summed E-state index contributed by atoms with van der Waals surface area (Å²) in [6.07, 6.45) is 2.14. The average molecular weight is 281 g/mol. The second-order valence-electron chi connectivity index (χ2n) is 4.49. The third-order valence-corrected chi connectivity index (χ3v) is 4.29. The van der Waals surface area contributed by atoms with Crippen molar-refractivity contribution >= 4 is 11.3 Å². The fourth-order valence-electron chi connectivity index (χ4n) is 2.11. The van der Waals surface area contributed by atoms with Crippen LogP contribution in [0.3, 0.4) is 0 Å². The predicted octanol–water partition coefficient (Wildman–Crippen LogP) is 4.75. The van der Waals surface area contributed by atoms with E-state index in [-0.39, 0.29) is 0 Å². The van der Waals surface area contributed by atoms with Crippen LogP contribution in [0.15, 0.2) is 30.3 Å². The van der Waals surface area contributed by atoms with E-state index in [4.69, 9.17) is 0 Å². The lowest BCUT2D eigenvalue weighted by Gasteiger charge is -2.12. The topological polar surface area (TPSA) is 12.0 Å². The highest BCUT2D eigenvalue weighted by Gasteiger charge is 2.12. The van der Waals surface area contributed by atoms with Gasteiger partial charge in [0.15, 0.2) is 0 Å². The Hall–Kier alpha value is -1.26. The van der Waals surface area contributed by atoms with Gasteiger partial charge in [0.05, 0.1) is 0 Å². The maximum atomic E-state index is 13.2. The van der Waals surface area contributed by atoms with Crippen LogP contribution in [-0.4, -0.2) is 7.05 Å². The standard InChI is InChI=1S/C15H17F2NS/c1-3-4-13(18-2)15-6-5-14(19-15)10-7-11(16)9-12(17)8-10/h5-9,13,18H,3-4H2,1-2H3. The van der Waals surface area contributed by atoms with Crippen LogP contribution in [0.25, 0.3) is 10.4 Å². The molecule has 0 amide bonds. The molecule has 0 spiro atoms. The molecule has 1 nitrogen and oxygen atoms in total. The highest BCUT2D eigenvalue weighted by atomic mass is 32.1. The van der Waals surface area contributed by atoms with E-state index in [1.165, 1.54) is 17.0 Å². The van der Waals surface area contributed by atoms with Crippen LogP contribution >= 0.6 is 11.3 Å². The average Bonchev–Trinajstić information content (AvgIpc) is 2.84. The largest absolute Gasteiger partial charge is 0.312 e. The lowest BCUT2D eigenvalue weighted by molar-refractivity contribution is 0.550. The Kier molecular flexibility index (Phi) is 4.66. The van der Waals surface area contributed by atoms with Gasteiger partial charge in [-0.3, -0.25) is 0 Å². The number of halogens is 2. The van der Waals surface area contributed by atoms with Gasteiger partial charge in [0, 0.05) is 21.9 Å². The van der Waals surface area contributed by atoms with Gasteiger partial charge in [0.2, 0.25) is 0 Å². The molecule has 1 aromatic carbocycles. The quantitative estimate of drug-likeness (QED) is 0.833. The van der Waals surface area contributed by atoms with E-state index >= 15 is 0 Å². The van der Waals surface area contributed by atoms with Gasteiger partial charge in [0.25, 0.3) is 0 Å². The molecule has 102 valence electrons. The summed E-state index contributed by atoms with van der Waals surface area (Å²) in [6, 6.07) is 7.89. The molecule has 0 aliphatic heterocycles. The summed E-state index contributed by atoms with van der Waals surface area (Å²) in [5.74, 6) is -1.08. The zero-order valence-corrected chi connectivity index (χ0v) is 11.9. The fraction of sp³-hybridized carbons (Fsp3) is 0.333. The fourth-order valence-corrected chi connectivity index (χ4v) is 3.25.